The van der Waals surface area contributed by atoms with Crippen LogP contribution in [0, 0.1) is 41.5 Å². The van der Waals surface area contributed by atoms with Crippen LogP contribution in [-0.2, 0) is 14.3 Å². The molecule has 0 bridgehead atoms. The summed E-state index contributed by atoms with van der Waals surface area (Å²) in [5.41, 5.74) is 10.2. The Hall–Kier alpha value is -3.44. The molecule has 0 aromatic heterocycles. The minimum atomic E-state index is -1.23. The van der Waals surface area contributed by atoms with E-state index in [4.69, 9.17) is 4.74 Å². The van der Waals surface area contributed by atoms with Gasteiger partial charge in [-0.25, -0.2) is 4.79 Å². The Labute approximate surface area is 234 Å². The SMILES string of the molecule is CC.CC(=O)Nc1c(C)c(C(OC(C)(C)C)C(=O)O)c(-c2ccc(C)c(C)c2)c(C)c1-c1ccc(C)c(C)c1. The zero-order chi connectivity index (χ0) is 29.8. The first-order chi connectivity index (χ1) is 18.1. The van der Waals surface area contributed by atoms with Gasteiger partial charge in [0, 0.05) is 18.1 Å². The van der Waals surface area contributed by atoms with Gasteiger partial charge in [-0.2, -0.15) is 0 Å². The van der Waals surface area contributed by atoms with Crippen LogP contribution in [0.5, 0.6) is 0 Å². The van der Waals surface area contributed by atoms with Gasteiger partial charge in [-0.1, -0.05) is 50.2 Å². The highest BCUT2D eigenvalue weighted by atomic mass is 16.5. The van der Waals surface area contributed by atoms with Crippen LogP contribution in [0.25, 0.3) is 22.3 Å². The van der Waals surface area contributed by atoms with Crippen LogP contribution in [0.4, 0.5) is 5.69 Å². The monoisotopic (exact) mass is 531 g/mol. The van der Waals surface area contributed by atoms with Gasteiger partial charge in [0.25, 0.3) is 0 Å². The van der Waals surface area contributed by atoms with E-state index in [-0.39, 0.29) is 5.91 Å². The first-order valence-corrected chi connectivity index (χ1v) is 13.6. The highest BCUT2D eigenvalue weighted by Crippen LogP contribution is 2.47. The zero-order valence-corrected chi connectivity index (χ0v) is 25.7. The van der Waals surface area contributed by atoms with Gasteiger partial charge in [-0.15, -0.1) is 0 Å². The lowest BCUT2D eigenvalue weighted by molar-refractivity contribution is -0.160. The summed E-state index contributed by atoms with van der Waals surface area (Å²) in [6, 6.07) is 12.4. The van der Waals surface area contributed by atoms with Gasteiger partial charge in [0.15, 0.2) is 6.10 Å². The number of nitrogens with one attached hydrogen (secondary N) is 1. The summed E-state index contributed by atoms with van der Waals surface area (Å²) in [4.78, 5) is 25.1. The molecule has 5 nitrogen and oxygen atoms in total. The van der Waals surface area contributed by atoms with Crippen molar-refractivity contribution in [3.8, 4) is 22.3 Å². The molecule has 1 atom stereocenters. The molecule has 2 N–H and O–H groups in total. The Kier molecular flexibility index (Phi) is 10.3. The standard InChI is InChI=1S/C32H39NO4.C2H6/c1-17-11-13-24(15-19(17)3)26-21(5)27(25-14-12-18(2)20(4)16-25)29(33-23(7)34)22(6)28(26)30(31(35)36)37-32(8,9)10;1-2/h11-16,30H,1-10H3,(H,33,34)(H,35,36);1-2H3. The molecule has 210 valence electrons. The summed E-state index contributed by atoms with van der Waals surface area (Å²) >= 11 is 0. The van der Waals surface area contributed by atoms with E-state index in [1.807, 2.05) is 54.5 Å². The van der Waals surface area contributed by atoms with Crippen molar-refractivity contribution in [1.29, 1.82) is 0 Å². The fourth-order valence-corrected chi connectivity index (χ4v) is 4.80. The molecule has 0 aliphatic rings. The van der Waals surface area contributed by atoms with Crippen molar-refractivity contribution in [2.24, 2.45) is 0 Å². The lowest BCUT2D eigenvalue weighted by Crippen LogP contribution is -2.29. The number of carboxylic acids is 1. The number of rotatable bonds is 6. The number of benzene rings is 3. The van der Waals surface area contributed by atoms with Crippen LogP contribution >= 0.6 is 0 Å². The number of carboxylic acid groups (broad SMARTS) is 1. The smallest absolute Gasteiger partial charge is 0.337 e. The minimum absolute atomic E-state index is 0.221. The Balaban J connectivity index is 0.00000260. The van der Waals surface area contributed by atoms with Gasteiger partial charge < -0.3 is 15.2 Å². The first-order valence-electron chi connectivity index (χ1n) is 13.6. The predicted molar refractivity (Wildman–Crippen MR) is 163 cm³/mol. The average molecular weight is 532 g/mol. The number of amides is 1. The van der Waals surface area contributed by atoms with E-state index < -0.39 is 17.7 Å². The third kappa shape index (κ3) is 7.15. The van der Waals surface area contributed by atoms with Crippen molar-refractivity contribution in [3.63, 3.8) is 0 Å². The Morgan fingerprint density at radius 1 is 0.769 bits per heavy atom. The van der Waals surface area contributed by atoms with Crippen LogP contribution < -0.4 is 5.32 Å². The molecule has 3 rings (SSSR count). The van der Waals surface area contributed by atoms with Crippen LogP contribution in [0.2, 0.25) is 0 Å². The van der Waals surface area contributed by atoms with E-state index in [9.17, 15) is 14.7 Å². The maximum atomic E-state index is 12.7. The maximum Gasteiger partial charge on any atom is 0.337 e. The van der Waals surface area contributed by atoms with Crippen molar-refractivity contribution in [2.45, 2.75) is 94.8 Å². The van der Waals surface area contributed by atoms with E-state index in [0.717, 1.165) is 44.5 Å². The molecule has 39 heavy (non-hydrogen) atoms. The van der Waals surface area contributed by atoms with E-state index >= 15 is 0 Å². The second-order valence-electron chi connectivity index (χ2n) is 11.0. The summed E-state index contributed by atoms with van der Waals surface area (Å²) in [6.07, 6.45) is -1.23. The van der Waals surface area contributed by atoms with Crippen molar-refractivity contribution >= 4 is 17.6 Å². The molecule has 0 radical (unpaired) electrons. The topological polar surface area (TPSA) is 75.6 Å². The summed E-state index contributed by atoms with van der Waals surface area (Å²) in [5, 5.41) is 13.4. The van der Waals surface area contributed by atoms with Gasteiger partial charge in [0.05, 0.1) is 11.3 Å². The number of hydrogen-bond acceptors (Lipinski definition) is 3. The van der Waals surface area contributed by atoms with E-state index in [1.54, 1.807) is 0 Å². The summed E-state index contributed by atoms with van der Waals surface area (Å²) in [7, 11) is 0. The predicted octanol–water partition coefficient (Wildman–Crippen LogP) is 8.80. The highest BCUT2D eigenvalue weighted by molar-refractivity contribution is 6.00. The average Bonchev–Trinajstić information content (AvgIpc) is 2.84. The van der Waals surface area contributed by atoms with Gasteiger partial charge in [-0.3, -0.25) is 4.79 Å². The summed E-state index contributed by atoms with van der Waals surface area (Å²) < 4.78 is 6.17. The van der Waals surface area contributed by atoms with Crippen molar-refractivity contribution in [2.75, 3.05) is 5.32 Å². The van der Waals surface area contributed by atoms with Crippen molar-refractivity contribution < 1.29 is 19.4 Å². The quantitative estimate of drug-likeness (QED) is 0.333. The van der Waals surface area contributed by atoms with Gasteiger partial charge in [0.2, 0.25) is 5.91 Å². The lowest BCUT2D eigenvalue weighted by atomic mass is 9.81. The molecule has 0 heterocycles. The van der Waals surface area contributed by atoms with E-state index in [1.165, 1.54) is 12.5 Å². The lowest BCUT2D eigenvalue weighted by Gasteiger charge is -2.31. The first kappa shape index (κ1) is 31.8. The number of anilines is 1. The number of hydrogen-bond donors (Lipinski definition) is 2. The molecule has 5 heteroatoms. The van der Waals surface area contributed by atoms with E-state index in [2.05, 4.69) is 63.3 Å². The molecule has 0 fully saturated rings. The minimum Gasteiger partial charge on any atom is -0.479 e. The molecule has 3 aromatic carbocycles. The molecule has 0 saturated carbocycles. The Morgan fingerprint density at radius 2 is 1.23 bits per heavy atom. The number of aliphatic carboxylic acids is 1. The fraction of sp³-hybridized carbons (Fsp3) is 0.412. The zero-order valence-electron chi connectivity index (χ0n) is 25.7. The molecule has 0 saturated heterocycles. The number of ether oxygens (including phenoxy) is 1. The molecule has 0 aliphatic heterocycles. The molecular formula is C34H45NO4. The van der Waals surface area contributed by atoms with Crippen molar-refractivity contribution in [3.05, 3.63) is 75.3 Å². The number of carbonyl (C=O) groups excluding carboxylic acids is 1. The maximum absolute atomic E-state index is 12.7. The Morgan fingerprint density at radius 3 is 1.62 bits per heavy atom. The largest absolute Gasteiger partial charge is 0.479 e. The molecule has 3 aromatic rings. The molecule has 0 spiro atoms. The molecule has 1 amide bonds. The highest BCUT2D eigenvalue weighted by Gasteiger charge is 2.34. The van der Waals surface area contributed by atoms with Gasteiger partial charge in [-0.05, 0) is 112 Å². The van der Waals surface area contributed by atoms with Crippen molar-refractivity contribution in [1.82, 2.24) is 0 Å². The van der Waals surface area contributed by atoms with Crippen LogP contribution in [0.3, 0.4) is 0 Å². The molecular weight excluding hydrogens is 486 g/mol. The fourth-order valence-electron chi connectivity index (χ4n) is 4.80. The third-order valence-corrected chi connectivity index (χ3v) is 6.90. The number of aryl methyl sites for hydroxylation is 4. The van der Waals surface area contributed by atoms with Crippen LogP contribution in [0.1, 0.15) is 86.6 Å². The van der Waals surface area contributed by atoms with Gasteiger partial charge in [0.1, 0.15) is 0 Å². The van der Waals surface area contributed by atoms with Crippen LogP contribution in [-0.4, -0.2) is 22.6 Å². The number of carbonyl (C=O) groups is 2. The summed E-state index contributed by atoms with van der Waals surface area (Å²) in [6.45, 7) is 23.1. The van der Waals surface area contributed by atoms with Crippen LogP contribution in [0.15, 0.2) is 36.4 Å². The molecule has 1 unspecified atom stereocenters. The van der Waals surface area contributed by atoms with E-state index in [0.29, 0.717) is 16.8 Å². The molecule has 0 aliphatic carbocycles. The second kappa shape index (κ2) is 12.6. The third-order valence-electron chi connectivity index (χ3n) is 6.90. The Bertz CT molecular complexity index is 1380. The summed E-state index contributed by atoms with van der Waals surface area (Å²) in [5.74, 6) is -1.30. The normalized spacial score (nSPS) is 11.9. The second-order valence-corrected chi connectivity index (χ2v) is 11.0. The van der Waals surface area contributed by atoms with Gasteiger partial charge >= 0.3 is 5.97 Å².